The number of amides is 1. The molecule has 1 fully saturated rings. The van der Waals surface area contributed by atoms with Crippen molar-refractivity contribution in [2.75, 3.05) is 38.3 Å². The number of nitrogens with zero attached hydrogens (tertiary/aromatic N) is 2. The van der Waals surface area contributed by atoms with E-state index in [0.717, 1.165) is 18.8 Å². The summed E-state index contributed by atoms with van der Waals surface area (Å²) in [6.45, 7) is 2.85. The molecule has 1 aromatic heterocycles. The summed E-state index contributed by atoms with van der Waals surface area (Å²) in [6, 6.07) is 3.96. The highest BCUT2D eigenvalue weighted by atomic mass is 16.5. The number of rotatable bonds is 8. The topological polar surface area (TPSA) is 80.8 Å². The molecule has 1 aromatic rings. The third-order valence-electron chi connectivity index (χ3n) is 3.88. The van der Waals surface area contributed by atoms with Crippen LogP contribution in [0.5, 0.6) is 5.88 Å². The number of carbonyl (C=O) groups is 2. The number of carbonyl (C=O) groups excluding carboxylic acids is 2. The Labute approximate surface area is 148 Å². The number of pyridine rings is 1. The lowest BCUT2D eigenvalue weighted by molar-refractivity contribution is -0.143. The summed E-state index contributed by atoms with van der Waals surface area (Å²) in [7, 11) is 1.25. The van der Waals surface area contributed by atoms with Crippen LogP contribution in [-0.4, -0.2) is 50.2 Å². The Hall–Kier alpha value is -2.57. The Morgan fingerprint density at radius 3 is 2.84 bits per heavy atom. The van der Waals surface area contributed by atoms with Gasteiger partial charge in [-0.2, -0.15) is 0 Å². The predicted octanol–water partition coefficient (Wildman–Crippen LogP) is 1.69. The Morgan fingerprint density at radius 2 is 2.08 bits per heavy atom. The number of methoxy groups -OCH3 is 1. The molecule has 0 radical (unpaired) electrons. The second-order valence-electron chi connectivity index (χ2n) is 5.74. The van der Waals surface area contributed by atoms with E-state index in [9.17, 15) is 9.59 Å². The van der Waals surface area contributed by atoms with E-state index in [-0.39, 0.29) is 12.3 Å². The van der Waals surface area contributed by atoms with Crippen LogP contribution in [0.4, 0.5) is 5.69 Å². The molecule has 0 atom stereocenters. The quantitative estimate of drug-likeness (QED) is 0.438. The Balaban J connectivity index is 1.69. The van der Waals surface area contributed by atoms with E-state index < -0.39 is 5.97 Å². The average Bonchev–Trinajstić information content (AvgIpc) is 2.65. The van der Waals surface area contributed by atoms with Crippen molar-refractivity contribution in [3.05, 3.63) is 30.5 Å². The summed E-state index contributed by atoms with van der Waals surface area (Å²) in [5.41, 5.74) is 1.14. The van der Waals surface area contributed by atoms with Crippen LogP contribution in [0.25, 0.3) is 0 Å². The van der Waals surface area contributed by atoms with Gasteiger partial charge in [-0.3, -0.25) is 9.59 Å². The molecule has 0 saturated carbocycles. The average molecular weight is 347 g/mol. The molecule has 1 aliphatic heterocycles. The van der Waals surface area contributed by atoms with E-state index >= 15 is 0 Å². The summed E-state index contributed by atoms with van der Waals surface area (Å²) in [5.74, 6) is -0.333. The van der Waals surface area contributed by atoms with Gasteiger partial charge in [-0.1, -0.05) is 6.08 Å². The van der Waals surface area contributed by atoms with Crippen molar-refractivity contribution in [3.63, 3.8) is 0 Å². The van der Waals surface area contributed by atoms with Crippen molar-refractivity contribution in [3.8, 4) is 5.88 Å². The van der Waals surface area contributed by atoms with Gasteiger partial charge in [0.15, 0.2) is 0 Å². The number of aromatic nitrogens is 1. The molecule has 1 saturated heterocycles. The molecule has 0 bridgehead atoms. The third-order valence-corrected chi connectivity index (χ3v) is 3.88. The molecule has 25 heavy (non-hydrogen) atoms. The summed E-state index contributed by atoms with van der Waals surface area (Å²) in [4.78, 5) is 28.9. The molecular weight excluding hydrogens is 322 g/mol. The zero-order chi connectivity index (χ0) is 17.9. The monoisotopic (exact) mass is 347 g/mol. The van der Waals surface area contributed by atoms with Crippen molar-refractivity contribution >= 4 is 17.6 Å². The largest absolute Gasteiger partial charge is 0.473 e. The van der Waals surface area contributed by atoms with Crippen LogP contribution >= 0.6 is 0 Å². The van der Waals surface area contributed by atoms with Crippen molar-refractivity contribution in [1.29, 1.82) is 0 Å². The fourth-order valence-electron chi connectivity index (χ4n) is 2.55. The number of anilines is 1. The molecule has 0 aromatic carbocycles. The lowest BCUT2D eigenvalue weighted by atomic mass is 10.1. The van der Waals surface area contributed by atoms with Gasteiger partial charge in [-0.15, -0.1) is 0 Å². The highest BCUT2D eigenvalue weighted by Crippen LogP contribution is 2.22. The SMILES string of the molecule is COC(=O)CC(=O)NC/C=C\COc1cc(N2CCCCC2)ccn1. The first-order valence-corrected chi connectivity index (χ1v) is 8.51. The van der Waals surface area contributed by atoms with Gasteiger partial charge in [0.1, 0.15) is 13.0 Å². The summed E-state index contributed by atoms with van der Waals surface area (Å²) >= 11 is 0. The lowest BCUT2D eigenvalue weighted by Crippen LogP contribution is -2.29. The molecule has 2 heterocycles. The first-order valence-electron chi connectivity index (χ1n) is 8.51. The second-order valence-corrected chi connectivity index (χ2v) is 5.74. The van der Waals surface area contributed by atoms with Crippen LogP contribution in [-0.2, 0) is 14.3 Å². The fourth-order valence-corrected chi connectivity index (χ4v) is 2.55. The lowest BCUT2D eigenvalue weighted by Gasteiger charge is -2.28. The van der Waals surface area contributed by atoms with Crippen molar-refractivity contribution in [1.82, 2.24) is 10.3 Å². The maximum absolute atomic E-state index is 11.4. The minimum absolute atomic E-state index is 0.270. The number of ether oxygens (including phenoxy) is 2. The zero-order valence-corrected chi connectivity index (χ0v) is 14.6. The van der Waals surface area contributed by atoms with Crippen molar-refractivity contribution in [2.24, 2.45) is 0 Å². The fraction of sp³-hybridized carbons (Fsp3) is 0.500. The van der Waals surface area contributed by atoms with E-state index in [0.29, 0.717) is 19.0 Å². The number of hydrogen-bond acceptors (Lipinski definition) is 6. The predicted molar refractivity (Wildman–Crippen MR) is 94.6 cm³/mol. The van der Waals surface area contributed by atoms with Gasteiger partial charge in [0.05, 0.1) is 7.11 Å². The zero-order valence-electron chi connectivity index (χ0n) is 14.6. The summed E-state index contributed by atoms with van der Waals surface area (Å²) in [5, 5.41) is 2.59. The highest BCUT2D eigenvalue weighted by Gasteiger charge is 2.11. The van der Waals surface area contributed by atoms with Crippen molar-refractivity contribution < 1.29 is 19.1 Å². The molecule has 0 spiro atoms. The maximum atomic E-state index is 11.4. The van der Waals surface area contributed by atoms with Crippen LogP contribution in [0.15, 0.2) is 30.5 Å². The van der Waals surface area contributed by atoms with Crippen LogP contribution in [0.2, 0.25) is 0 Å². The van der Waals surface area contributed by atoms with E-state index in [1.54, 1.807) is 18.3 Å². The summed E-state index contributed by atoms with van der Waals surface area (Å²) in [6.07, 6.45) is 8.80. The third kappa shape index (κ3) is 6.82. The van der Waals surface area contributed by atoms with E-state index in [2.05, 4.69) is 19.9 Å². The summed E-state index contributed by atoms with van der Waals surface area (Å²) < 4.78 is 10.0. The Kier molecular flexibility index (Phi) is 7.75. The van der Waals surface area contributed by atoms with E-state index in [1.165, 1.54) is 26.4 Å². The number of nitrogens with one attached hydrogen (secondary N) is 1. The molecule has 7 nitrogen and oxygen atoms in total. The molecule has 0 unspecified atom stereocenters. The molecular formula is C18H25N3O4. The van der Waals surface area contributed by atoms with Gasteiger partial charge >= 0.3 is 5.97 Å². The number of piperidine rings is 1. The Bertz CT molecular complexity index is 598. The molecule has 136 valence electrons. The molecule has 0 aliphatic carbocycles. The van der Waals surface area contributed by atoms with Gasteiger partial charge in [-0.05, 0) is 31.4 Å². The maximum Gasteiger partial charge on any atom is 0.315 e. The molecule has 1 amide bonds. The van der Waals surface area contributed by atoms with Gasteiger partial charge in [-0.25, -0.2) is 4.98 Å². The second kappa shape index (κ2) is 10.3. The normalized spacial score (nSPS) is 14.4. The Morgan fingerprint density at radius 1 is 1.28 bits per heavy atom. The minimum atomic E-state index is -0.551. The van der Waals surface area contributed by atoms with Crippen LogP contribution in [0, 0.1) is 0 Å². The van der Waals surface area contributed by atoms with Crippen LogP contribution in [0.1, 0.15) is 25.7 Å². The van der Waals surface area contributed by atoms with Gasteiger partial charge in [0, 0.05) is 37.6 Å². The first kappa shape index (κ1) is 18.8. The van der Waals surface area contributed by atoms with Crippen molar-refractivity contribution in [2.45, 2.75) is 25.7 Å². The molecule has 1 N–H and O–H groups in total. The molecule has 7 heteroatoms. The van der Waals surface area contributed by atoms with Gasteiger partial charge in [0.25, 0.3) is 0 Å². The highest BCUT2D eigenvalue weighted by molar-refractivity contribution is 5.94. The number of hydrogen-bond donors (Lipinski definition) is 1. The number of esters is 1. The minimum Gasteiger partial charge on any atom is -0.473 e. The smallest absolute Gasteiger partial charge is 0.315 e. The molecule has 1 aliphatic rings. The van der Waals surface area contributed by atoms with E-state index in [1.807, 2.05) is 12.1 Å². The van der Waals surface area contributed by atoms with Gasteiger partial charge in [0.2, 0.25) is 11.8 Å². The van der Waals surface area contributed by atoms with Crippen LogP contribution < -0.4 is 15.0 Å². The van der Waals surface area contributed by atoms with Gasteiger partial charge < -0.3 is 19.7 Å². The first-order chi connectivity index (χ1) is 12.2. The van der Waals surface area contributed by atoms with Crippen LogP contribution in [0.3, 0.4) is 0 Å². The molecule has 2 rings (SSSR count). The standard InChI is InChI=1S/C18H25N3O4/c1-24-18(23)14-16(22)19-8-3-6-12-25-17-13-15(7-9-20-17)21-10-4-2-5-11-21/h3,6-7,9,13H,2,4-5,8,10-12,14H2,1H3,(H,19,22)/b6-3-. The van der Waals surface area contributed by atoms with E-state index in [4.69, 9.17) is 4.74 Å².